The van der Waals surface area contributed by atoms with Gasteiger partial charge in [0, 0.05) is 52.4 Å². The number of fused-ring (bicyclic) bond motifs is 8. The van der Waals surface area contributed by atoms with Crippen molar-refractivity contribution in [3.63, 3.8) is 0 Å². The van der Waals surface area contributed by atoms with Gasteiger partial charge in [0.05, 0.1) is 42.4 Å². The Morgan fingerprint density at radius 2 is 0.473 bits per heavy atom. The summed E-state index contributed by atoms with van der Waals surface area (Å²) >= 11 is 0. The Bertz CT molecular complexity index is 4570. The zero-order valence-electron chi connectivity index (χ0n) is 68.1. The van der Waals surface area contributed by atoms with Gasteiger partial charge >= 0.3 is 17.1 Å². The number of hydrogen-bond donors (Lipinski definition) is 4. The van der Waals surface area contributed by atoms with E-state index in [4.69, 9.17) is 19.9 Å². The van der Waals surface area contributed by atoms with Gasteiger partial charge in [-0.05, 0) is 271 Å². The van der Waals surface area contributed by atoms with E-state index in [1.54, 1.807) is 27.7 Å². The maximum absolute atomic E-state index is 15.0. The summed E-state index contributed by atoms with van der Waals surface area (Å²) in [6, 6.07) is 15.0. The number of nitrogens with one attached hydrogen (secondary N) is 4. The van der Waals surface area contributed by atoms with Gasteiger partial charge in [-0.2, -0.15) is 0 Å². The average molecular weight is 1770 g/mol. The minimum atomic E-state index is -4.16. The van der Waals surface area contributed by atoms with Crippen molar-refractivity contribution in [2.45, 2.75) is 158 Å². The standard InChI is InChI=1S/C80H108N12O8S4.5ClH.Fe.2H2O/c1-21-89(22-2)41-37-81-101(93,94)77-53(13)45-49(9)69(57(77)17)73-61-29-31-63(85-61)74(70-50(10)46-54(14)78(58(70)18)102(95,96)82-38-42-90(23-3)24-4)65-33-35-67(87-65)76(72-52(12)48-56(16)80(60(72)20)104(99,100)84-40-44-92(27-7)28-8)68-36-34-66(88-68)75(64-32-30-62(73)86-64)71-51(11)47-55(15)79(59(71)19)103(97,98)83-39-43-91(25-5)26-6;;;;;;;;/h29-36,45-48,81-84H,21-28,37-44H2,1-20H3;5*1H;;2*1H2/q-2;;;;;;+2;;/p-1. The summed E-state index contributed by atoms with van der Waals surface area (Å²) < 4.78 is 131. The van der Waals surface area contributed by atoms with Crippen LogP contribution in [0.15, 0.2) is 68.1 Å². The first-order chi connectivity index (χ1) is 49.2. The van der Waals surface area contributed by atoms with Gasteiger partial charge in [-0.3, -0.25) is 0 Å². The van der Waals surface area contributed by atoms with E-state index in [1.807, 2.05) is 184 Å². The third-order valence-corrected chi connectivity index (χ3v) is 27.7. The third-order valence-electron chi connectivity index (χ3n) is 20.7. The van der Waals surface area contributed by atoms with Crippen molar-refractivity contribution in [2.75, 3.05) is 105 Å². The molecule has 32 heteroatoms. The van der Waals surface area contributed by atoms with Crippen molar-refractivity contribution in [1.82, 2.24) is 58.4 Å². The zero-order chi connectivity index (χ0) is 76.2. The summed E-state index contributed by atoms with van der Waals surface area (Å²) in [5.41, 5.74) is 14.7. The van der Waals surface area contributed by atoms with Crippen LogP contribution < -0.4 is 41.3 Å². The predicted octanol–water partition coefficient (Wildman–Crippen LogP) is 9.80. The largest absolute Gasteiger partial charge is 2.00 e. The summed E-state index contributed by atoms with van der Waals surface area (Å²) in [6.07, 6.45) is 7.52. The number of halogens is 5. The van der Waals surface area contributed by atoms with Gasteiger partial charge in [0.25, 0.3) is 0 Å². The van der Waals surface area contributed by atoms with Crippen molar-refractivity contribution in [3.05, 3.63) is 138 Å². The Balaban J connectivity index is 0.00000784. The number of hydrogen-bond acceptors (Lipinski definition) is 14. The summed E-state index contributed by atoms with van der Waals surface area (Å²) in [4.78, 5) is 31.6. The van der Waals surface area contributed by atoms with Crippen LogP contribution in [0.2, 0.25) is 0 Å². The molecule has 8 N–H and O–H groups in total. The number of aromatic nitrogens is 4. The number of sulfonamides is 4. The van der Waals surface area contributed by atoms with Crippen LogP contribution in [0.4, 0.5) is 0 Å². The SMILES string of the molecule is CCN(CC)CCNS(=O)(=O)c1c(C)cc(C)c(-c2c3nc(c(-c4c(C)cc(C)c(S(=O)(=O)NCCN(CC)CC)c4C)c4ccc([n-]4)c(-c4c(C)cc(C)c(S(=O)(=O)NCCN(CC)CC)c4C)c4nc(c(-c5c(C)cc(C)c(S(=O)(=O)NCCN(CC)CC)c5C)c5ccc2[n-]5)C=C4)C=C3)c1C.Cl.Cl.Cl.Cl.O.O.[Cl-].[Fe+2]. The van der Waals surface area contributed by atoms with Gasteiger partial charge in [0.1, 0.15) is 0 Å². The number of rotatable bonds is 32. The number of likely N-dealkylation sites (N-methyl/N-ethyl adjacent to an activating group) is 4. The molecule has 0 spiro atoms. The topological polar surface area (TPSA) is 315 Å². The smallest absolute Gasteiger partial charge is 1.00 e. The predicted molar refractivity (Wildman–Crippen MR) is 464 cm³/mol. The molecule has 0 fully saturated rings. The zero-order valence-corrected chi connectivity index (χ0v) is 76.5. The maximum Gasteiger partial charge on any atom is 2.00 e. The molecule has 22 nitrogen and oxygen atoms in total. The molecule has 2 aliphatic heterocycles. The molecule has 0 unspecified atom stereocenters. The van der Waals surface area contributed by atoms with E-state index in [-0.39, 0.29) is 136 Å². The molecule has 2 aliphatic rings. The van der Waals surface area contributed by atoms with Crippen LogP contribution in [0.3, 0.4) is 0 Å². The number of aryl methyl sites for hydroxylation is 8. The molecule has 112 heavy (non-hydrogen) atoms. The first-order valence-corrected chi connectivity index (χ1v) is 42.5. The first-order valence-electron chi connectivity index (χ1n) is 36.6. The molecule has 8 bridgehead atoms. The first kappa shape index (κ1) is 105. The summed E-state index contributed by atoms with van der Waals surface area (Å²) in [7, 11) is -16.6. The van der Waals surface area contributed by atoms with E-state index >= 15 is 0 Å². The van der Waals surface area contributed by atoms with Crippen LogP contribution in [0.25, 0.3) is 90.9 Å². The molecule has 0 atom stereocenters. The van der Waals surface area contributed by atoms with E-state index in [0.29, 0.717) is 160 Å². The molecular weight excluding hydrogens is 1650 g/mol. The molecule has 0 radical (unpaired) electrons. The molecule has 0 saturated carbocycles. The van der Waals surface area contributed by atoms with Crippen molar-refractivity contribution in [1.29, 1.82) is 0 Å². The average Bonchev–Trinajstić information content (AvgIpc) is 1.51. The summed E-state index contributed by atoms with van der Waals surface area (Å²) in [5.74, 6) is 0. The van der Waals surface area contributed by atoms with E-state index in [2.05, 4.69) is 38.5 Å². The van der Waals surface area contributed by atoms with Gasteiger partial charge in [-0.15, -0.1) is 71.7 Å². The van der Waals surface area contributed by atoms with E-state index in [9.17, 15) is 33.7 Å². The summed E-state index contributed by atoms with van der Waals surface area (Å²) in [5, 5.41) is 0. The van der Waals surface area contributed by atoms with Gasteiger partial charge < -0.3 is 52.9 Å². The van der Waals surface area contributed by atoms with Crippen molar-refractivity contribution in [3.8, 4) is 44.5 Å². The third kappa shape index (κ3) is 22.0. The Labute approximate surface area is 708 Å². The van der Waals surface area contributed by atoms with Crippen LogP contribution in [-0.4, -0.2) is 179 Å². The normalized spacial score (nSPS) is 12.1. The van der Waals surface area contributed by atoms with E-state index in [1.165, 1.54) is 0 Å². The number of nitrogens with zero attached hydrogens (tertiary/aromatic N) is 8. The molecular formula is C80H116Cl5FeN12O10S4-. The van der Waals surface area contributed by atoms with E-state index < -0.39 is 40.1 Å². The minimum Gasteiger partial charge on any atom is -1.00 e. The van der Waals surface area contributed by atoms with Gasteiger partial charge in [-0.25, -0.2) is 62.5 Å². The fourth-order valence-corrected chi connectivity index (χ4v) is 21.7. The van der Waals surface area contributed by atoms with Crippen LogP contribution in [0, 0.1) is 83.1 Å². The second-order valence-corrected chi connectivity index (χ2v) is 34.2. The Morgan fingerprint density at radius 1 is 0.304 bits per heavy atom. The fraction of sp³-hybridized carbons (Fsp3) is 0.450. The number of benzene rings is 4. The molecule has 0 saturated heterocycles. The quantitative estimate of drug-likeness (QED) is 0.0285. The molecule has 7 aromatic rings. The van der Waals surface area contributed by atoms with Gasteiger partial charge in [0.15, 0.2) is 0 Å². The summed E-state index contributed by atoms with van der Waals surface area (Å²) in [6.45, 7) is 47.3. The second-order valence-electron chi connectivity index (χ2n) is 27.4. The van der Waals surface area contributed by atoms with Gasteiger partial charge in [-0.1, -0.05) is 104 Å². The monoisotopic (exact) mass is 1760 g/mol. The Kier molecular flexibility index (Phi) is 41.1. The van der Waals surface area contributed by atoms with Crippen molar-refractivity contribution < 1.29 is 74.1 Å². The van der Waals surface area contributed by atoms with Crippen molar-refractivity contribution in [2.24, 2.45) is 0 Å². The molecule has 9 rings (SSSR count). The van der Waals surface area contributed by atoms with Crippen LogP contribution in [-0.2, 0) is 57.2 Å². The van der Waals surface area contributed by atoms with Crippen LogP contribution in [0.1, 0.15) is 145 Å². The maximum atomic E-state index is 15.0. The van der Waals surface area contributed by atoms with Crippen molar-refractivity contribution >= 4 is 136 Å². The van der Waals surface area contributed by atoms with Gasteiger partial charge in [0.2, 0.25) is 40.1 Å². The minimum absolute atomic E-state index is 0. The molecule has 3 aromatic heterocycles. The Morgan fingerprint density at radius 3 is 0.634 bits per heavy atom. The molecule has 0 amide bonds. The molecule has 5 heterocycles. The van der Waals surface area contributed by atoms with E-state index in [0.717, 1.165) is 74.6 Å². The fourth-order valence-electron chi connectivity index (χ4n) is 15.8. The van der Waals surface area contributed by atoms with Crippen LogP contribution >= 0.6 is 49.6 Å². The molecule has 0 aliphatic carbocycles. The molecule has 624 valence electrons. The second kappa shape index (κ2) is 43.9. The Hall–Kier alpha value is -5.15. The van der Waals surface area contributed by atoms with Crippen LogP contribution in [0.5, 0.6) is 0 Å². The molecule has 4 aromatic carbocycles.